The van der Waals surface area contributed by atoms with Gasteiger partial charge in [-0.05, 0) is 18.2 Å². The number of piperidine rings is 1. The molecule has 0 aliphatic carbocycles. The van der Waals surface area contributed by atoms with Crippen molar-refractivity contribution in [2.75, 3.05) is 13.1 Å². The fourth-order valence-corrected chi connectivity index (χ4v) is 3.72. The molecule has 6 nitrogen and oxygen atoms in total. The van der Waals surface area contributed by atoms with Crippen LogP contribution in [0.2, 0.25) is 0 Å². The average Bonchev–Trinajstić information content (AvgIpc) is 2.46. The van der Waals surface area contributed by atoms with E-state index in [0.29, 0.717) is 10.4 Å². The molecule has 0 aromatic heterocycles. The first-order valence-corrected chi connectivity index (χ1v) is 7.84. The lowest BCUT2D eigenvalue weighted by Gasteiger charge is -2.35. The average molecular weight is 348 g/mol. The second-order valence-electron chi connectivity index (χ2n) is 5.02. The summed E-state index contributed by atoms with van der Waals surface area (Å²) in [6, 6.07) is 4.06. The third-order valence-corrected chi connectivity index (χ3v) is 5.45. The van der Waals surface area contributed by atoms with Crippen molar-refractivity contribution in [3.8, 4) is 6.07 Å². The summed E-state index contributed by atoms with van der Waals surface area (Å²) in [4.78, 5) is 10.4. The smallest absolute Gasteiger partial charge is 0.313 e. The molecule has 1 aromatic rings. The molecular formula is C13H11F3N2O4S. The summed E-state index contributed by atoms with van der Waals surface area (Å²) < 4.78 is 66.0. The van der Waals surface area contributed by atoms with Gasteiger partial charge in [0.25, 0.3) is 5.92 Å². The fraction of sp³-hybridized carbons (Fsp3) is 0.385. The summed E-state index contributed by atoms with van der Waals surface area (Å²) in [7, 11) is -4.34. The lowest BCUT2D eigenvalue weighted by atomic mass is 9.95. The van der Waals surface area contributed by atoms with Crippen molar-refractivity contribution >= 4 is 16.0 Å². The van der Waals surface area contributed by atoms with Crippen LogP contribution in [0.5, 0.6) is 0 Å². The van der Waals surface area contributed by atoms with Crippen molar-refractivity contribution < 1.29 is 31.5 Å². The van der Waals surface area contributed by atoms with Crippen LogP contribution in [0.1, 0.15) is 12.0 Å². The van der Waals surface area contributed by atoms with E-state index in [1.165, 1.54) is 6.07 Å². The molecule has 2 rings (SSSR count). The normalized spacial score (nSPS) is 21.6. The van der Waals surface area contributed by atoms with Crippen LogP contribution < -0.4 is 0 Å². The molecule has 23 heavy (non-hydrogen) atoms. The number of carbonyl (C=O) groups is 1. The Morgan fingerprint density at radius 3 is 2.61 bits per heavy atom. The quantitative estimate of drug-likeness (QED) is 0.891. The number of benzene rings is 1. The highest BCUT2D eigenvalue weighted by Gasteiger charge is 2.50. The molecule has 1 unspecified atom stereocenters. The number of carboxylic acid groups (broad SMARTS) is 1. The molecule has 1 aliphatic heterocycles. The van der Waals surface area contributed by atoms with Crippen LogP contribution in [0.25, 0.3) is 0 Å². The number of hydrogen-bond donors (Lipinski definition) is 1. The number of alkyl halides is 2. The van der Waals surface area contributed by atoms with Crippen LogP contribution in [0, 0.1) is 23.1 Å². The predicted molar refractivity (Wildman–Crippen MR) is 70.6 cm³/mol. The Balaban J connectivity index is 2.36. The summed E-state index contributed by atoms with van der Waals surface area (Å²) >= 11 is 0. The van der Waals surface area contributed by atoms with E-state index in [1.807, 2.05) is 0 Å². The number of carboxylic acids is 1. The predicted octanol–water partition coefficient (Wildman–Crippen LogP) is 1.43. The molecule has 1 aliphatic rings. The second-order valence-corrected chi connectivity index (χ2v) is 6.96. The van der Waals surface area contributed by atoms with Gasteiger partial charge in [-0.3, -0.25) is 4.79 Å². The molecule has 1 atom stereocenters. The highest BCUT2D eigenvalue weighted by molar-refractivity contribution is 7.89. The monoisotopic (exact) mass is 348 g/mol. The van der Waals surface area contributed by atoms with E-state index in [2.05, 4.69) is 0 Å². The third kappa shape index (κ3) is 3.16. The van der Waals surface area contributed by atoms with E-state index in [-0.39, 0.29) is 5.56 Å². The van der Waals surface area contributed by atoms with Crippen molar-refractivity contribution in [2.45, 2.75) is 17.2 Å². The lowest BCUT2D eigenvalue weighted by molar-refractivity contribution is -0.163. The van der Waals surface area contributed by atoms with E-state index < -0.39 is 58.1 Å². The number of hydrogen-bond acceptors (Lipinski definition) is 4. The number of rotatable bonds is 3. The molecule has 0 saturated carbocycles. The standard InChI is InChI=1S/C13H11F3N2O4S/c14-11-5-9(2-1-8(11)6-17)23(21,22)18-4-3-13(15,16)10(7-18)12(19)20/h1-2,5,10H,3-4,7H2,(H,19,20). The number of sulfonamides is 1. The zero-order valence-electron chi connectivity index (χ0n) is 11.5. The molecule has 1 aromatic carbocycles. The maximum atomic E-state index is 13.6. The van der Waals surface area contributed by atoms with Crippen LogP contribution in [0.4, 0.5) is 13.2 Å². The van der Waals surface area contributed by atoms with Crippen LogP contribution in [-0.4, -0.2) is 42.8 Å². The van der Waals surface area contributed by atoms with Crippen LogP contribution in [-0.2, 0) is 14.8 Å². The van der Waals surface area contributed by atoms with Gasteiger partial charge in [-0.15, -0.1) is 0 Å². The minimum atomic E-state index is -4.34. The van der Waals surface area contributed by atoms with Gasteiger partial charge in [0, 0.05) is 19.5 Å². The first-order chi connectivity index (χ1) is 10.6. The molecule has 0 amide bonds. The largest absolute Gasteiger partial charge is 0.481 e. The Labute approximate surface area is 129 Å². The highest BCUT2D eigenvalue weighted by Crippen LogP contribution is 2.35. The van der Waals surface area contributed by atoms with E-state index in [4.69, 9.17) is 10.4 Å². The summed E-state index contributed by atoms with van der Waals surface area (Å²) in [5.74, 6) is -8.56. The van der Waals surface area contributed by atoms with Gasteiger partial charge in [-0.2, -0.15) is 9.57 Å². The van der Waals surface area contributed by atoms with E-state index in [0.717, 1.165) is 12.1 Å². The Morgan fingerprint density at radius 1 is 1.43 bits per heavy atom. The van der Waals surface area contributed by atoms with Crippen LogP contribution in [0.3, 0.4) is 0 Å². The lowest BCUT2D eigenvalue weighted by Crippen LogP contribution is -2.52. The second kappa shape index (κ2) is 5.82. The van der Waals surface area contributed by atoms with Gasteiger partial charge < -0.3 is 5.11 Å². The summed E-state index contributed by atoms with van der Waals surface area (Å²) in [5, 5.41) is 17.5. The summed E-state index contributed by atoms with van der Waals surface area (Å²) in [5.41, 5.74) is -0.363. The minimum Gasteiger partial charge on any atom is -0.481 e. The molecule has 1 fully saturated rings. The van der Waals surface area contributed by atoms with Gasteiger partial charge in [-0.1, -0.05) is 0 Å². The maximum Gasteiger partial charge on any atom is 0.313 e. The molecule has 1 heterocycles. The Hall–Kier alpha value is -2.12. The number of aliphatic carboxylic acids is 1. The van der Waals surface area contributed by atoms with E-state index in [9.17, 15) is 26.4 Å². The number of halogens is 3. The Bertz CT molecular complexity index is 789. The van der Waals surface area contributed by atoms with Crippen molar-refractivity contribution in [3.63, 3.8) is 0 Å². The van der Waals surface area contributed by atoms with Gasteiger partial charge in [-0.25, -0.2) is 21.6 Å². The summed E-state index contributed by atoms with van der Waals surface area (Å²) in [6.45, 7) is -1.49. The van der Waals surface area contributed by atoms with Gasteiger partial charge in [0.2, 0.25) is 10.0 Å². The maximum absolute atomic E-state index is 13.6. The first-order valence-electron chi connectivity index (χ1n) is 6.40. The fourth-order valence-electron chi connectivity index (χ4n) is 2.25. The molecule has 0 spiro atoms. The molecule has 10 heteroatoms. The zero-order chi connectivity index (χ0) is 17.4. The molecule has 1 N–H and O–H groups in total. The topological polar surface area (TPSA) is 98.5 Å². The third-order valence-electron chi connectivity index (χ3n) is 3.59. The van der Waals surface area contributed by atoms with E-state index in [1.54, 1.807) is 0 Å². The molecule has 1 saturated heterocycles. The summed E-state index contributed by atoms with van der Waals surface area (Å²) in [6.07, 6.45) is -0.943. The highest BCUT2D eigenvalue weighted by atomic mass is 32.2. The van der Waals surface area contributed by atoms with Gasteiger partial charge in [0.15, 0.2) is 0 Å². The first kappa shape index (κ1) is 17.2. The number of nitriles is 1. The molecule has 0 radical (unpaired) electrons. The van der Waals surface area contributed by atoms with Gasteiger partial charge in [0.1, 0.15) is 17.8 Å². The number of nitrogens with zero attached hydrogens (tertiary/aromatic N) is 2. The Morgan fingerprint density at radius 2 is 2.09 bits per heavy atom. The SMILES string of the molecule is N#Cc1ccc(S(=O)(=O)N2CCC(F)(F)C(C(=O)O)C2)cc1F. The molecule has 124 valence electrons. The van der Waals surface area contributed by atoms with Crippen molar-refractivity contribution in [1.82, 2.24) is 4.31 Å². The van der Waals surface area contributed by atoms with E-state index >= 15 is 0 Å². The molecule has 0 bridgehead atoms. The van der Waals surface area contributed by atoms with Crippen molar-refractivity contribution in [3.05, 3.63) is 29.6 Å². The van der Waals surface area contributed by atoms with Gasteiger partial charge >= 0.3 is 5.97 Å². The Kier molecular flexibility index (Phi) is 4.37. The van der Waals surface area contributed by atoms with Gasteiger partial charge in [0.05, 0.1) is 10.5 Å². The van der Waals surface area contributed by atoms with Crippen LogP contribution >= 0.6 is 0 Å². The minimum absolute atomic E-state index is 0.363. The van der Waals surface area contributed by atoms with Crippen LogP contribution in [0.15, 0.2) is 23.1 Å². The van der Waals surface area contributed by atoms with Crippen molar-refractivity contribution in [1.29, 1.82) is 5.26 Å². The molecular weight excluding hydrogens is 337 g/mol. The zero-order valence-corrected chi connectivity index (χ0v) is 12.4. The van der Waals surface area contributed by atoms with Crippen molar-refractivity contribution in [2.24, 2.45) is 5.92 Å².